The molecule has 0 radical (unpaired) electrons. The quantitative estimate of drug-likeness (QED) is 0.526. The van der Waals surface area contributed by atoms with Crippen LogP contribution in [0, 0.1) is 5.82 Å². The molecule has 2 atom stereocenters. The zero-order valence-electron chi connectivity index (χ0n) is 15.2. The number of hydrogen-bond donors (Lipinski definition) is 0. The second-order valence-electron chi connectivity index (χ2n) is 6.90. The molecule has 0 amide bonds. The van der Waals surface area contributed by atoms with Gasteiger partial charge in [0.15, 0.2) is 11.5 Å². The van der Waals surface area contributed by atoms with Gasteiger partial charge in [-0.25, -0.2) is 14.4 Å². The van der Waals surface area contributed by atoms with E-state index in [0.29, 0.717) is 35.8 Å². The van der Waals surface area contributed by atoms with Crippen molar-refractivity contribution in [1.29, 1.82) is 0 Å². The van der Waals surface area contributed by atoms with Crippen molar-refractivity contribution in [3.63, 3.8) is 0 Å². The number of halogens is 1. The third-order valence-electron chi connectivity index (χ3n) is 4.99. The second kappa shape index (κ2) is 7.17. The fraction of sp³-hybridized carbons (Fsp3) is 0.250. The molecule has 0 N–H and O–H groups in total. The van der Waals surface area contributed by atoms with Crippen molar-refractivity contribution in [2.24, 2.45) is 0 Å². The van der Waals surface area contributed by atoms with E-state index >= 15 is 0 Å². The number of rotatable bonds is 4. The van der Waals surface area contributed by atoms with E-state index in [2.05, 4.69) is 20.1 Å². The summed E-state index contributed by atoms with van der Waals surface area (Å²) in [4.78, 5) is 25.3. The van der Waals surface area contributed by atoms with Crippen LogP contribution in [0.1, 0.15) is 35.7 Å². The number of aromatic nitrogens is 5. The van der Waals surface area contributed by atoms with E-state index in [1.165, 1.54) is 23.0 Å². The fourth-order valence-corrected chi connectivity index (χ4v) is 3.47. The number of nitrogens with zero attached hydrogens (tertiary/aromatic N) is 5. The Morgan fingerprint density at radius 1 is 1.17 bits per heavy atom. The Labute approximate surface area is 164 Å². The molecule has 5 rings (SSSR count). The van der Waals surface area contributed by atoms with E-state index in [-0.39, 0.29) is 29.9 Å². The molecule has 3 aromatic heterocycles. The maximum absolute atomic E-state index is 13.1. The van der Waals surface area contributed by atoms with Crippen molar-refractivity contribution in [3.8, 4) is 0 Å². The summed E-state index contributed by atoms with van der Waals surface area (Å²) >= 11 is 0. The van der Waals surface area contributed by atoms with Crippen LogP contribution in [0.2, 0.25) is 0 Å². The summed E-state index contributed by atoms with van der Waals surface area (Å²) in [6.07, 6.45) is 3.55. The van der Waals surface area contributed by atoms with Crippen LogP contribution < -0.4 is 5.56 Å². The van der Waals surface area contributed by atoms with E-state index in [9.17, 15) is 9.18 Å². The number of ether oxygens (including phenoxy) is 1. The van der Waals surface area contributed by atoms with E-state index in [1.807, 2.05) is 0 Å². The molecule has 9 heteroatoms. The van der Waals surface area contributed by atoms with Gasteiger partial charge >= 0.3 is 0 Å². The van der Waals surface area contributed by atoms with Crippen molar-refractivity contribution in [1.82, 2.24) is 24.7 Å². The van der Waals surface area contributed by atoms with Gasteiger partial charge in [-0.2, -0.15) is 4.98 Å². The van der Waals surface area contributed by atoms with Crippen LogP contribution in [-0.4, -0.2) is 31.3 Å². The van der Waals surface area contributed by atoms with Crippen LogP contribution in [0.5, 0.6) is 0 Å². The molecule has 1 aliphatic heterocycles. The van der Waals surface area contributed by atoms with Crippen molar-refractivity contribution < 1.29 is 13.7 Å². The van der Waals surface area contributed by atoms with Crippen molar-refractivity contribution in [2.45, 2.75) is 25.0 Å². The van der Waals surface area contributed by atoms with Gasteiger partial charge in [0, 0.05) is 12.1 Å². The molecule has 0 spiro atoms. The van der Waals surface area contributed by atoms with Crippen LogP contribution in [-0.2, 0) is 11.3 Å². The minimum Gasteiger partial charge on any atom is -0.373 e. The Bertz CT molecular complexity index is 1220. The average Bonchev–Trinajstić information content (AvgIpc) is 3.41. The first-order valence-electron chi connectivity index (χ1n) is 9.17. The summed E-state index contributed by atoms with van der Waals surface area (Å²) in [5.74, 6) is 0.545. The normalized spacial score (nSPS) is 19.1. The number of pyridine rings is 1. The molecule has 0 unspecified atom stereocenters. The third kappa shape index (κ3) is 3.40. The summed E-state index contributed by atoms with van der Waals surface area (Å²) in [6.45, 7) is 0.572. The molecule has 0 bridgehead atoms. The zero-order valence-corrected chi connectivity index (χ0v) is 15.2. The van der Waals surface area contributed by atoms with Gasteiger partial charge in [0.2, 0.25) is 5.89 Å². The topological polar surface area (TPSA) is 95.9 Å². The molecule has 1 fully saturated rings. The SMILES string of the molecule is O=c1c2cccnc2ncn1Cc1nc([C@@H]2CO[C@@H](c3ccc(F)cc3)C2)no1. The lowest BCUT2D eigenvalue weighted by molar-refractivity contribution is 0.110. The highest BCUT2D eigenvalue weighted by molar-refractivity contribution is 5.72. The lowest BCUT2D eigenvalue weighted by Gasteiger charge is -2.08. The molecule has 1 saturated heterocycles. The molecule has 4 aromatic rings. The largest absolute Gasteiger partial charge is 0.373 e. The predicted molar refractivity (Wildman–Crippen MR) is 99.6 cm³/mol. The molecule has 146 valence electrons. The Kier molecular flexibility index (Phi) is 4.36. The Balaban J connectivity index is 1.32. The molecular weight excluding hydrogens is 377 g/mol. The monoisotopic (exact) mass is 393 g/mol. The average molecular weight is 393 g/mol. The molecule has 4 heterocycles. The maximum atomic E-state index is 13.1. The van der Waals surface area contributed by atoms with Gasteiger partial charge in [-0.1, -0.05) is 17.3 Å². The molecule has 1 aromatic carbocycles. The lowest BCUT2D eigenvalue weighted by Crippen LogP contribution is -2.21. The van der Waals surface area contributed by atoms with Gasteiger partial charge in [-0.3, -0.25) is 9.36 Å². The summed E-state index contributed by atoms with van der Waals surface area (Å²) in [6, 6.07) is 9.65. The Morgan fingerprint density at radius 2 is 2.03 bits per heavy atom. The van der Waals surface area contributed by atoms with Gasteiger partial charge in [-0.05, 0) is 36.2 Å². The predicted octanol–water partition coefficient (Wildman–Crippen LogP) is 2.61. The first kappa shape index (κ1) is 17.6. The van der Waals surface area contributed by atoms with Crippen molar-refractivity contribution in [3.05, 3.63) is 82.4 Å². The Hall–Kier alpha value is -3.46. The van der Waals surface area contributed by atoms with E-state index in [0.717, 1.165) is 5.56 Å². The highest BCUT2D eigenvalue weighted by Crippen LogP contribution is 2.37. The molecule has 0 saturated carbocycles. The van der Waals surface area contributed by atoms with Gasteiger partial charge in [0.1, 0.15) is 18.7 Å². The van der Waals surface area contributed by atoms with Crippen molar-refractivity contribution >= 4 is 11.0 Å². The molecule has 1 aliphatic rings. The van der Waals surface area contributed by atoms with Crippen LogP contribution in [0.15, 0.2) is 58.2 Å². The van der Waals surface area contributed by atoms with E-state index in [1.54, 1.807) is 30.5 Å². The van der Waals surface area contributed by atoms with E-state index in [4.69, 9.17) is 9.26 Å². The van der Waals surface area contributed by atoms with E-state index < -0.39 is 0 Å². The second-order valence-corrected chi connectivity index (χ2v) is 6.90. The fourth-order valence-electron chi connectivity index (χ4n) is 3.47. The van der Waals surface area contributed by atoms with Crippen LogP contribution in [0.3, 0.4) is 0 Å². The number of benzene rings is 1. The first-order chi connectivity index (χ1) is 14.2. The smallest absolute Gasteiger partial charge is 0.263 e. The van der Waals surface area contributed by atoms with Crippen molar-refractivity contribution in [2.75, 3.05) is 6.61 Å². The van der Waals surface area contributed by atoms with Gasteiger partial charge in [0.25, 0.3) is 5.56 Å². The summed E-state index contributed by atoms with van der Waals surface area (Å²) in [5, 5.41) is 4.49. The maximum Gasteiger partial charge on any atom is 0.263 e. The first-order valence-corrected chi connectivity index (χ1v) is 9.17. The summed E-state index contributed by atoms with van der Waals surface area (Å²) in [7, 11) is 0. The van der Waals surface area contributed by atoms with Crippen LogP contribution in [0.4, 0.5) is 4.39 Å². The van der Waals surface area contributed by atoms with Crippen LogP contribution in [0.25, 0.3) is 11.0 Å². The third-order valence-corrected chi connectivity index (χ3v) is 4.99. The summed E-state index contributed by atoms with van der Waals surface area (Å²) < 4.78 is 25.7. The number of fused-ring (bicyclic) bond motifs is 1. The zero-order chi connectivity index (χ0) is 19.8. The lowest BCUT2D eigenvalue weighted by atomic mass is 10.00. The van der Waals surface area contributed by atoms with Crippen LogP contribution >= 0.6 is 0 Å². The van der Waals surface area contributed by atoms with Gasteiger partial charge < -0.3 is 9.26 Å². The Morgan fingerprint density at radius 3 is 2.90 bits per heavy atom. The van der Waals surface area contributed by atoms with Gasteiger partial charge in [0.05, 0.1) is 18.1 Å². The molecular formula is C20H16FN5O3. The molecule has 0 aliphatic carbocycles. The highest BCUT2D eigenvalue weighted by atomic mass is 19.1. The molecule has 29 heavy (non-hydrogen) atoms. The minimum atomic E-state index is -0.277. The number of hydrogen-bond acceptors (Lipinski definition) is 7. The summed E-state index contributed by atoms with van der Waals surface area (Å²) in [5.41, 5.74) is 1.10. The minimum absolute atomic E-state index is 0.0294. The van der Waals surface area contributed by atoms with Gasteiger partial charge in [-0.15, -0.1) is 0 Å². The molecule has 8 nitrogen and oxygen atoms in total. The highest BCUT2D eigenvalue weighted by Gasteiger charge is 2.31. The standard InChI is InChI=1S/C20H16FN5O3/c21-14-5-3-12(4-6-14)16-8-13(10-28-16)18-24-17(29-25-18)9-26-11-23-19-15(20(26)27)2-1-7-22-19/h1-7,11,13,16H,8-10H2/t13-,16+/m0/s1.